The molecule has 0 bridgehead atoms. The first-order valence-electron chi connectivity index (χ1n) is 8.75. The molecule has 0 aromatic carbocycles. The Balaban J connectivity index is 1.51. The van der Waals surface area contributed by atoms with Gasteiger partial charge in [-0.3, -0.25) is 0 Å². The summed E-state index contributed by atoms with van der Waals surface area (Å²) in [5, 5.41) is 8.13. The molecule has 2 aromatic heterocycles. The summed E-state index contributed by atoms with van der Waals surface area (Å²) < 4.78 is 10.9. The van der Waals surface area contributed by atoms with Gasteiger partial charge < -0.3 is 14.4 Å². The van der Waals surface area contributed by atoms with E-state index in [0.29, 0.717) is 6.61 Å². The van der Waals surface area contributed by atoms with Crippen molar-refractivity contribution in [1.82, 2.24) is 20.2 Å². The van der Waals surface area contributed by atoms with Gasteiger partial charge in [-0.05, 0) is 43.9 Å². The molecular weight excluding hydrogens is 334 g/mol. The maximum absolute atomic E-state index is 11.5. The molecule has 0 atom stereocenters. The zero-order chi connectivity index (χ0) is 18.1. The SMILES string of the molecule is COC(=O)c1ccc(N2CCC3(CC2)OCCc2cnc(C)nc23)nn1. The predicted octanol–water partition coefficient (Wildman–Crippen LogP) is 1.43. The molecule has 0 amide bonds. The van der Waals surface area contributed by atoms with Crippen LogP contribution >= 0.6 is 0 Å². The van der Waals surface area contributed by atoms with Gasteiger partial charge in [-0.2, -0.15) is 0 Å². The number of carbonyl (C=O) groups is 1. The molecule has 1 saturated heterocycles. The molecule has 0 N–H and O–H groups in total. The monoisotopic (exact) mass is 355 g/mol. The lowest BCUT2D eigenvalue weighted by atomic mass is 9.83. The van der Waals surface area contributed by atoms with Crippen molar-refractivity contribution >= 4 is 11.8 Å². The van der Waals surface area contributed by atoms with Crippen LogP contribution in [0.2, 0.25) is 0 Å². The molecule has 0 saturated carbocycles. The first-order valence-corrected chi connectivity index (χ1v) is 8.75. The molecule has 4 heterocycles. The van der Waals surface area contributed by atoms with E-state index >= 15 is 0 Å². The number of methoxy groups -OCH3 is 1. The number of ether oxygens (including phenoxy) is 2. The zero-order valence-corrected chi connectivity index (χ0v) is 14.9. The Morgan fingerprint density at radius 3 is 2.77 bits per heavy atom. The third kappa shape index (κ3) is 2.90. The summed E-state index contributed by atoms with van der Waals surface area (Å²) in [6.07, 6.45) is 4.46. The van der Waals surface area contributed by atoms with Gasteiger partial charge in [0, 0.05) is 19.3 Å². The highest BCUT2D eigenvalue weighted by Crippen LogP contribution is 2.40. The summed E-state index contributed by atoms with van der Waals surface area (Å²) in [4.78, 5) is 22.7. The average molecular weight is 355 g/mol. The lowest BCUT2D eigenvalue weighted by Crippen LogP contribution is -2.47. The highest BCUT2D eigenvalue weighted by atomic mass is 16.5. The summed E-state index contributed by atoms with van der Waals surface area (Å²) in [7, 11) is 1.33. The number of carbonyl (C=O) groups excluding carboxylic acids is 1. The van der Waals surface area contributed by atoms with Crippen LogP contribution in [0.25, 0.3) is 0 Å². The van der Waals surface area contributed by atoms with E-state index in [1.807, 2.05) is 13.1 Å². The Morgan fingerprint density at radius 1 is 1.27 bits per heavy atom. The highest BCUT2D eigenvalue weighted by molar-refractivity contribution is 5.86. The molecule has 1 fully saturated rings. The van der Waals surface area contributed by atoms with Crippen LogP contribution in [-0.4, -0.2) is 52.9 Å². The molecule has 1 spiro atoms. The van der Waals surface area contributed by atoms with Crippen LogP contribution in [0, 0.1) is 6.92 Å². The van der Waals surface area contributed by atoms with Gasteiger partial charge in [-0.25, -0.2) is 14.8 Å². The number of hydrogen-bond acceptors (Lipinski definition) is 8. The summed E-state index contributed by atoms with van der Waals surface area (Å²) in [6.45, 7) is 4.19. The molecule has 0 aliphatic carbocycles. The summed E-state index contributed by atoms with van der Waals surface area (Å²) >= 11 is 0. The van der Waals surface area contributed by atoms with E-state index in [1.165, 1.54) is 12.7 Å². The minimum atomic E-state index is -0.482. The van der Waals surface area contributed by atoms with Gasteiger partial charge in [-0.15, -0.1) is 10.2 Å². The quantitative estimate of drug-likeness (QED) is 0.747. The Labute approximate surface area is 151 Å². The van der Waals surface area contributed by atoms with Crippen molar-refractivity contribution in [3.05, 3.63) is 41.1 Å². The maximum atomic E-state index is 11.5. The predicted molar refractivity (Wildman–Crippen MR) is 92.9 cm³/mol. The van der Waals surface area contributed by atoms with E-state index in [9.17, 15) is 4.79 Å². The molecule has 4 rings (SSSR count). The third-order valence-corrected chi connectivity index (χ3v) is 5.11. The average Bonchev–Trinajstić information content (AvgIpc) is 2.69. The van der Waals surface area contributed by atoms with Gasteiger partial charge >= 0.3 is 5.97 Å². The van der Waals surface area contributed by atoms with Crippen molar-refractivity contribution in [2.45, 2.75) is 31.8 Å². The zero-order valence-electron chi connectivity index (χ0n) is 14.9. The van der Waals surface area contributed by atoms with Crippen LogP contribution in [0.5, 0.6) is 0 Å². The molecule has 0 radical (unpaired) electrons. The summed E-state index contributed by atoms with van der Waals surface area (Å²) in [6, 6.07) is 3.45. The fourth-order valence-corrected chi connectivity index (χ4v) is 3.68. The first-order chi connectivity index (χ1) is 12.6. The van der Waals surface area contributed by atoms with Crippen molar-refractivity contribution in [1.29, 1.82) is 0 Å². The number of esters is 1. The van der Waals surface area contributed by atoms with Crippen molar-refractivity contribution < 1.29 is 14.3 Å². The molecule has 8 nitrogen and oxygen atoms in total. The number of fused-ring (bicyclic) bond motifs is 2. The molecule has 26 heavy (non-hydrogen) atoms. The second kappa shape index (κ2) is 6.60. The summed E-state index contributed by atoms with van der Waals surface area (Å²) in [5.74, 6) is 1.05. The van der Waals surface area contributed by atoms with E-state index in [2.05, 4.69) is 24.8 Å². The number of aryl methyl sites for hydroxylation is 1. The van der Waals surface area contributed by atoms with E-state index in [-0.39, 0.29) is 11.3 Å². The normalized spacial score (nSPS) is 18.5. The molecule has 0 unspecified atom stereocenters. The number of piperidine rings is 1. The second-order valence-electron chi connectivity index (χ2n) is 6.64. The fourth-order valence-electron chi connectivity index (χ4n) is 3.68. The van der Waals surface area contributed by atoms with E-state index in [1.54, 1.807) is 12.1 Å². The first kappa shape index (κ1) is 16.8. The van der Waals surface area contributed by atoms with Crippen LogP contribution in [0.1, 0.15) is 40.4 Å². The Hall–Kier alpha value is -2.61. The van der Waals surface area contributed by atoms with E-state index < -0.39 is 5.97 Å². The largest absolute Gasteiger partial charge is 0.464 e. The van der Waals surface area contributed by atoms with Crippen molar-refractivity contribution in [3.63, 3.8) is 0 Å². The molecule has 2 aliphatic heterocycles. The van der Waals surface area contributed by atoms with Crippen LogP contribution in [-0.2, 0) is 21.5 Å². The third-order valence-electron chi connectivity index (χ3n) is 5.11. The number of aromatic nitrogens is 4. The fraction of sp³-hybridized carbons (Fsp3) is 0.500. The molecule has 8 heteroatoms. The summed E-state index contributed by atoms with van der Waals surface area (Å²) in [5.41, 5.74) is 2.11. The number of rotatable bonds is 2. The van der Waals surface area contributed by atoms with Crippen LogP contribution in [0.3, 0.4) is 0 Å². The van der Waals surface area contributed by atoms with Crippen LogP contribution in [0.15, 0.2) is 18.3 Å². The number of nitrogens with zero attached hydrogens (tertiary/aromatic N) is 5. The standard InChI is InChI=1S/C18H21N5O3/c1-12-19-11-13-5-10-26-18(16(13)20-12)6-8-23(9-7-18)15-4-3-14(21-22-15)17(24)25-2/h3-4,11H,5-10H2,1-2H3. The van der Waals surface area contributed by atoms with Crippen LogP contribution < -0.4 is 4.90 Å². The smallest absolute Gasteiger partial charge is 0.358 e. The van der Waals surface area contributed by atoms with Crippen molar-refractivity contribution in [2.24, 2.45) is 0 Å². The molecule has 2 aromatic rings. The molecule has 136 valence electrons. The van der Waals surface area contributed by atoms with E-state index in [0.717, 1.165) is 49.7 Å². The van der Waals surface area contributed by atoms with Gasteiger partial charge in [0.2, 0.25) is 0 Å². The van der Waals surface area contributed by atoms with Gasteiger partial charge in [0.15, 0.2) is 11.5 Å². The lowest BCUT2D eigenvalue weighted by molar-refractivity contribution is -0.0803. The van der Waals surface area contributed by atoms with Crippen molar-refractivity contribution in [3.8, 4) is 0 Å². The van der Waals surface area contributed by atoms with E-state index in [4.69, 9.17) is 9.72 Å². The van der Waals surface area contributed by atoms with Crippen molar-refractivity contribution in [2.75, 3.05) is 31.7 Å². The second-order valence-corrected chi connectivity index (χ2v) is 6.64. The number of hydrogen-bond donors (Lipinski definition) is 0. The molecule has 2 aliphatic rings. The highest BCUT2D eigenvalue weighted by Gasteiger charge is 2.42. The Morgan fingerprint density at radius 2 is 2.08 bits per heavy atom. The van der Waals surface area contributed by atoms with Gasteiger partial charge in [-0.1, -0.05) is 0 Å². The van der Waals surface area contributed by atoms with Crippen LogP contribution in [0.4, 0.5) is 5.82 Å². The molecular formula is C18H21N5O3. The Bertz CT molecular complexity index is 816. The minimum Gasteiger partial charge on any atom is -0.464 e. The topological polar surface area (TPSA) is 90.3 Å². The minimum absolute atomic E-state index is 0.210. The lowest BCUT2D eigenvalue weighted by Gasteiger charge is -2.44. The van der Waals surface area contributed by atoms with Gasteiger partial charge in [0.05, 0.1) is 19.4 Å². The van der Waals surface area contributed by atoms with Gasteiger partial charge in [0.25, 0.3) is 0 Å². The van der Waals surface area contributed by atoms with Gasteiger partial charge in [0.1, 0.15) is 11.4 Å². The number of anilines is 1. The maximum Gasteiger partial charge on any atom is 0.358 e. The Kier molecular flexibility index (Phi) is 4.28.